The van der Waals surface area contributed by atoms with Gasteiger partial charge in [0.2, 0.25) is 0 Å². The first-order chi connectivity index (χ1) is 10.0. The van der Waals surface area contributed by atoms with Crippen molar-refractivity contribution in [3.8, 4) is 11.5 Å². The molecule has 110 valence electrons. The van der Waals surface area contributed by atoms with Crippen LogP contribution in [0.1, 0.15) is 23.6 Å². The second kappa shape index (κ2) is 5.45. The molecule has 0 saturated heterocycles. The third-order valence-corrected chi connectivity index (χ3v) is 3.66. The summed E-state index contributed by atoms with van der Waals surface area (Å²) in [6.07, 6.45) is 1.02. The van der Waals surface area contributed by atoms with Gasteiger partial charge in [-0.05, 0) is 60.5 Å². The zero-order valence-electron chi connectivity index (χ0n) is 11.8. The van der Waals surface area contributed by atoms with Crippen molar-refractivity contribution in [2.75, 3.05) is 6.54 Å². The van der Waals surface area contributed by atoms with E-state index >= 15 is 0 Å². The summed E-state index contributed by atoms with van der Waals surface area (Å²) in [6, 6.07) is 11.9. The van der Waals surface area contributed by atoms with Crippen LogP contribution in [0.15, 0.2) is 42.5 Å². The number of benzene rings is 2. The van der Waals surface area contributed by atoms with Gasteiger partial charge in [-0.3, -0.25) is 0 Å². The Morgan fingerprint density at radius 2 is 1.71 bits per heavy atom. The predicted octanol–water partition coefficient (Wildman–Crippen LogP) is 4.24. The molecule has 3 rings (SSSR count). The first-order valence-corrected chi connectivity index (χ1v) is 7.01. The molecule has 0 atom stereocenters. The second-order valence-corrected chi connectivity index (χ2v) is 5.37. The van der Waals surface area contributed by atoms with Gasteiger partial charge in [-0.25, -0.2) is 8.78 Å². The highest BCUT2D eigenvalue weighted by Gasteiger charge is 2.23. The van der Waals surface area contributed by atoms with Crippen LogP contribution in [0.3, 0.4) is 0 Å². The maximum atomic E-state index is 13.2. The van der Waals surface area contributed by atoms with Gasteiger partial charge in [0.05, 0.1) is 0 Å². The molecule has 1 aliphatic heterocycles. The summed E-state index contributed by atoms with van der Waals surface area (Å²) in [7, 11) is 0. The molecule has 1 N–H and O–H groups in total. The number of nitrogens with one attached hydrogen (secondary N) is 1. The minimum absolute atomic E-state index is 0.00973. The van der Waals surface area contributed by atoms with Gasteiger partial charge >= 0.3 is 0 Å². The molecule has 2 nitrogen and oxygen atoms in total. The van der Waals surface area contributed by atoms with E-state index in [0.717, 1.165) is 32.2 Å². The minimum atomic E-state index is -2.82. The van der Waals surface area contributed by atoms with Crippen molar-refractivity contribution in [2.24, 2.45) is 0 Å². The molecule has 21 heavy (non-hydrogen) atoms. The lowest BCUT2D eigenvalue weighted by Crippen LogP contribution is -2.23. The van der Waals surface area contributed by atoms with Crippen molar-refractivity contribution in [1.82, 2.24) is 5.32 Å². The van der Waals surface area contributed by atoms with Crippen LogP contribution in [0.2, 0.25) is 0 Å². The third kappa shape index (κ3) is 3.22. The zero-order valence-corrected chi connectivity index (χ0v) is 11.8. The van der Waals surface area contributed by atoms with Gasteiger partial charge in [-0.2, -0.15) is 0 Å². The van der Waals surface area contributed by atoms with Gasteiger partial charge in [0.15, 0.2) is 0 Å². The monoisotopic (exact) mass is 289 g/mol. The summed E-state index contributed by atoms with van der Waals surface area (Å²) in [5, 5.41) is 3.32. The topological polar surface area (TPSA) is 21.3 Å². The van der Waals surface area contributed by atoms with Crippen LogP contribution in [0.5, 0.6) is 11.5 Å². The lowest BCUT2D eigenvalue weighted by molar-refractivity contribution is 0.0174. The Labute approximate surface area is 122 Å². The fourth-order valence-corrected chi connectivity index (χ4v) is 2.47. The maximum Gasteiger partial charge on any atom is 0.270 e. The Hall–Kier alpha value is -1.94. The highest BCUT2D eigenvalue weighted by molar-refractivity contribution is 5.40. The summed E-state index contributed by atoms with van der Waals surface area (Å²) in [4.78, 5) is 0. The Morgan fingerprint density at radius 1 is 1.00 bits per heavy atom. The van der Waals surface area contributed by atoms with Crippen LogP contribution in [-0.2, 0) is 18.9 Å². The van der Waals surface area contributed by atoms with Crippen molar-refractivity contribution < 1.29 is 13.5 Å². The molecule has 0 fully saturated rings. The molecule has 4 heteroatoms. The van der Waals surface area contributed by atoms with Crippen LogP contribution < -0.4 is 10.1 Å². The Morgan fingerprint density at radius 3 is 2.43 bits per heavy atom. The number of hydrogen-bond acceptors (Lipinski definition) is 2. The number of fused-ring (bicyclic) bond motifs is 1. The number of hydrogen-bond donors (Lipinski definition) is 1. The van der Waals surface area contributed by atoms with E-state index in [1.54, 1.807) is 12.1 Å². The van der Waals surface area contributed by atoms with Crippen LogP contribution in [0, 0.1) is 0 Å². The van der Waals surface area contributed by atoms with Crippen LogP contribution in [0.4, 0.5) is 8.78 Å². The van der Waals surface area contributed by atoms with Crippen molar-refractivity contribution in [3.63, 3.8) is 0 Å². The van der Waals surface area contributed by atoms with Gasteiger partial charge in [-0.1, -0.05) is 6.07 Å². The van der Waals surface area contributed by atoms with E-state index in [4.69, 9.17) is 4.74 Å². The molecule has 0 saturated carbocycles. The SMILES string of the molecule is CC(F)(F)c1ccc(Oc2ccc3c(c2)CNCC3)cc1. The molecule has 0 unspecified atom stereocenters. The molecule has 2 aromatic rings. The highest BCUT2D eigenvalue weighted by Crippen LogP contribution is 2.30. The van der Waals surface area contributed by atoms with Crippen molar-refractivity contribution in [3.05, 3.63) is 59.2 Å². The van der Waals surface area contributed by atoms with Crippen molar-refractivity contribution in [1.29, 1.82) is 0 Å². The quantitative estimate of drug-likeness (QED) is 0.912. The van der Waals surface area contributed by atoms with E-state index in [-0.39, 0.29) is 5.56 Å². The molecule has 0 spiro atoms. The smallest absolute Gasteiger partial charge is 0.270 e. The van der Waals surface area contributed by atoms with E-state index in [9.17, 15) is 8.78 Å². The lowest BCUT2D eigenvalue weighted by Gasteiger charge is -2.18. The summed E-state index contributed by atoms with van der Waals surface area (Å²) < 4.78 is 32.0. The van der Waals surface area contributed by atoms with Gasteiger partial charge in [0.1, 0.15) is 11.5 Å². The molecule has 0 radical (unpaired) electrons. The van der Waals surface area contributed by atoms with E-state index in [0.29, 0.717) is 5.75 Å². The molecular formula is C17H17F2NO. The van der Waals surface area contributed by atoms with Crippen LogP contribution in [0.25, 0.3) is 0 Å². The minimum Gasteiger partial charge on any atom is -0.457 e. The molecule has 0 aromatic heterocycles. The normalized spacial score (nSPS) is 14.6. The summed E-state index contributed by atoms with van der Waals surface area (Å²) >= 11 is 0. The zero-order chi connectivity index (χ0) is 14.9. The molecule has 1 heterocycles. The van der Waals surface area contributed by atoms with Crippen LogP contribution in [-0.4, -0.2) is 6.54 Å². The molecule has 1 aliphatic rings. The maximum absolute atomic E-state index is 13.2. The largest absolute Gasteiger partial charge is 0.457 e. The van der Waals surface area contributed by atoms with Crippen LogP contribution >= 0.6 is 0 Å². The Bertz CT molecular complexity index is 632. The number of ether oxygens (including phenoxy) is 1. The van der Waals surface area contributed by atoms with Crippen molar-refractivity contribution >= 4 is 0 Å². The Balaban J connectivity index is 1.77. The first-order valence-electron chi connectivity index (χ1n) is 7.01. The van der Waals surface area contributed by atoms with Crippen molar-refractivity contribution in [2.45, 2.75) is 25.8 Å². The number of halogens is 2. The van der Waals surface area contributed by atoms with Gasteiger partial charge < -0.3 is 10.1 Å². The Kier molecular flexibility index (Phi) is 3.64. The van der Waals surface area contributed by atoms with Gasteiger partial charge in [-0.15, -0.1) is 0 Å². The average molecular weight is 289 g/mol. The lowest BCUT2D eigenvalue weighted by atomic mass is 10.0. The van der Waals surface area contributed by atoms with E-state index in [1.165, 1.54) is 23.3 Å². The van der Waals surface area contributed by atoms with Gasteiger partial charge in [0.25, 0.3) is 5.92 Å². The number of alkyl halides is 2. The third-order valence-electron chi connectivity index (χ3n) is 3.66. The summed E-state index contributed by atoms with van der Waals surface area (Å²) in [5.41, 5.74) is 2.56. The second-order valence-electron chi connectivity index (χ2n) is 5.37. The standard InChI is InChI=1S/C17H17F2NO/c1-17(18,19)14-3-6-15(7-4-14)21-16-5-2-12-8-9-20-11-13(12)10-16/h2-7,10,20H,8-9,11H2,1H3. The highest BCUT2D eigenvalue weighted by atomic mass is 19.3. The van der Waals surface area contributed by atoms with E-state index in [2.05, 4.69) is 11.4 Å². The summed E-state index contributed by atoms with van der Waals surface area (Å²) in [6.45, 7) is 2.73. The molecule has 0 bridgehead atoms. The average Bonchev–Trinajstić information content (AvgIpc) is 2.47. The summed E-state index contributed by atoms with van der Waals surface area (Å²) in [5.74, 6) is -1.53. The molecule has 2 aromatic carbocycles. The van der Waals surface area contributed by atoms with Gasteiger partial charge in [0, 0.05) is 19.0 Å². The number of rotatable bonds is 3. The fraction of sp³-hybridized carbons (Fsp3) is 0.294. The molecule has 0 amide bonds. The predicted molar refractivity (Wildman–Crippen MR) is 77.9 cm³/mol. The fourth-order valence-electron chi connectivity index (χ4n) is 2.47. The molecule has 0 aliphatic carbocycles. The van der Waals surface area contributed by atoms with E-state index in [1.807, 2.05) is 12.1 Å². The molecular weight excluding hydrogens is 272 g/mol. The van der Waals surface area contributed by atoms with E-state index < -0.39 is 5.92 Å². The first kappa shape index (κ1) is 14.0.